The normalized spacial score (nSPS) is 34.4. The first-order valence-electron chi connectivity index (χ1n) is 4.34. The molecule has 4 heteroatoms. The van der Waals surface area contributed by atoms with E-state index in [-0.39, 0.29) is 24.4 Å². The van der Waals surface area contributed by atoms with Gasteiger partial charge in [-0.1, -0.05) is 0 Å². The third kappa shape index (κ3) is 1.43. The summed E-state index contributed by atoms with van der Waals surface area (Å²) in [5, 5.41) is 0. The lowest BCUT2D eigenvalue weighted by molar-refractivity contribution is -0.129. The molecule has 0 radical (unpaired) electrons. The fourth-order valence-corrected chi connectivity index (χ4v) is 2.17. The number of nitrogens with two attached hydrogens (primary N) is 1. The van der Waals surface area contributed by atoms with Crippen LogP contribution in [0.3, 0.4) is 0 Å². The zero-order valence-corrected chi connectivity index (χ0v) is 7.85. The van der Waals surface area contributed by atoms with Crippen molar-refractivity contribution in [3.05, 3.63) is 0 Å². The van der Waals surface area contributed by atoms with Crippen molar-refractivity contribution in [2.24, 2.45) is 5.73 Å². The van der Waals surface area contributed by atoms with E-state index in [1.807, 2.05) is 4.90 Å². The number of piperidine rings is 1. The van der Waals surface area contributed by atoms with Crippen molar-refractivity contribution in [2.75, 3.05) is 6.54 Å². The number of fused-ring (bicyclic) bond motifs is 1. The van der Waals surface area contributed by atoms with Crippen molar-refractivity contribution in [1.29, 1.82) is 0 Å². The van der Waals surface area contributed by atoms with Crippen molar-refractivity contribution in [1.82, 2.24) is 4.90 Å². The Kier molecular flexibility index (Phi) is 2.96. The van der Waals surface area contributed by atoms with Crippen LogP contribution in [0.4, 0.5) is 0 Å². The molecule has 70 valence electrons. The molecule has 12 heavy (non-hydrogen) atoms. The number of hydrogen-bond acceptors (Lipinski definition) is 2. The van der Waals surface area contributed by atoms with Crippen molar-refractivity contribution < 1.29 is 4.79 Å². The van der Waals surface area contributed by atoms with Crippen molar-refractivity contribution in [3.63, 3.8) is 0 Å². The standard InChI is InChI=1S/C8H14N2O.ClH/c9-6-5-8(11)10-4-2-1-3-7(6)10;/h6-7H,1-5,9H2;1H. The maximum atomic E-state index is 11.3. The van der Waals surface area contributed by atoms with Crippen LogP contribution in [0.5, 0.6) is 0 Å². The third-order valence-corrected chi connectivity index (χ3v) is 2.77. The zero-order chi connectivity index (χ0) is 7.84. The van der Waals surface area contributed by atoms with E-state index >= 15 is 0 Å². The number of carbonyl (C=O) groups is 1. The molecular formula is C8H15ClN2O. The first-order valence-corrected chi connectivity index (χ1v) is 4.34. The molecule has 0 aromatic carbocycles. The summed E-state index contributed by atoms with van der Waals surface area (Å²) in [6.07, 6.45) is 4.09. The smallest absolute Gasteiger partial charge is 0.224 e. The molecule has 2 N–H and O–H groups in total. The summed E-state index contributed by atoms with van der Waals surface area (Å²) < 4.78 is 0. The van der Waals surface area contributed by atoms with Gasteiger partial charge in [0.1, 0.15) is 0 Å². The van der Waals surface area contributed by atoms with Gasteiger partial charge in [-0.15, -0.1) is 12.4 Å². The Morgan fingerprint density at radius 1 is 1.42 bits per heavy atom. The van der Waals surface area contributed by atoms with Crippen molar-refractivity contribution >= 4 is 18.3 Å². The second-order valence-electron chi connectivity index (χ2n) is 3.52. The highest BCUT2D eigenvalue weighted by Gasteiger charge is 2.38. The molecule has 2 heterocycles. The zero-order valence-electron chi connectivity index (χ0n) is 7.03. The molecule has 0 aromatic rings. The van der Waals surface area contributed by atoms with Gasteiger partial charge in [-0.2, -0.15) is 0 Å². The van der Waals surface area contributed by atoms with Gasteiger partial charge < -0.3 is 10.6 Å². The van der Waals surface area contributed by atoms with Crippen LogP contribution >= 0.6 is 12.4 Å². The van der Waals surface area contributed by atoms with E-state index in [1.54, 1.807) is 0 Å². The van der Waals surface area contributed by atoms with Crippen LogP contribution in [0.25, 0.3) is 0 Å². The SMILES string of the molecule is Cl.NC1CC(=O)N2CCCCC12. The fraction of sp³-hybridized carbons (Fsp3) is 0.875. The monoisotopic (exact) mass is 190 g/mol. The average Bonchev–Trinajstić information content (AvgIpc) is 2.30. The predicted octanol–water partition coefficient (Wildman–Crippen LogP) is 0.520. The third-order valence-electron chi connectivity index (χ3n) is 2.77. The van der Waals surface area contributed by atoms with Gasteiger partial charge in [0, 0.05) is 25.0 Å². The Labute approximate surface area is 78.7 Å². The molecule has 2 fully saturated rings. The quantitative estimate of drug-likeness (QED) is 0.606. The van der Waals surface area contributed by atoms with Crippen LogP contribution in [0, 0.1) is 0 Å². The molecule has 2 aliphatic heterocycles. The van der Waals surface area contributed by atoms with Gasteiger partial charge in [0.25, 0.3) is 0 Å². The largest absolute Gasteiger partial charge is 0.338 e. The molecule has 0 aromatic heterocycles. The average molecular weight is 191 g/mol. The van der Waals surface area contributed by atoms with Crippen LogP contribution in [0.1, 0.15) is 25.7 Å². The van der Waals surface area contributed by atoms with Gasteiger partial charge in [-0.05, 0) is 19.3 Å². The summed E-state index contributed by atoms with van der Waals surface area (Å²) in [6.45, 7) is 0.942. The van der Waals surface area contributed by atoms with Crippen LogP contribution < -0.4 is 5.73 Å². The molecule has 3 nitrogen and oxygen atoms in total. The Balaban J connectivity index is 0.000000720. The van der Waals surface area contributed by atoms with E-state index in [1.165, 1.54) is 6.42 Å². The Hall–Kier alpha value is -0.280. The number of rotatable bonds is 0. The highest BCUT2D eigenvalue weighted by Crippen LogP contribution is 2.26. The van der Waals surface area contributed by atoms with Gasteiger partial charge in [-0.25, -0.2) is 0 Å². The van der Waals surface area contributed by atoms with Gasteiger partial charge in [0.05, 0.1) is 0 Å². The molecule has 0 aliphatic carbocycles. The minimum absolute atomic E-state index is 0. The van der Waals surface area contributed by atoms with Gasteiger partial charge >= 0.3 is 0 Å². The molecule has 0 saturated carbocycles. The van der Waals surface area contributed by atoms with E-state index < -0.39 is 0 Å². The highest BCUT2D eigenvalue weighted by molar-refractivity contribution is 5.85. The number of hydrogen-bond donors (Lipinski definition) is 1. The minimum atomic E-state index is 0. The van der Waals surface area contributed by atoms with Crippen molar-refractivity contribution in [2.45, 2.75) is 37.8 Å². The second-order valence-corrected chi connectivity index (χ2v) is 3.52. The summed E-state index contributed by atoms with van der Waals surface area (Å²) in [7, 11) is 0. The lowest BCUT2D eigenvalue weighted by Gasteiger charge is -2.31. The van der Waals surface area contributed by atoms with Crippen LogP contribution in [-0.2, 0) is 4.79 Å². The lowest BCUT2D eigenvalue weighted by Crippen LogP contribution is -2.43. The van der Waals surface area contributed by atoms with E-state index in [9.17, 15) is 4.79 Å². The Bertz CT molecular complexity index is 186. The van der Waals surface area contributed by atoms with Crippen LogP contribution in [0.2, 0.25) is 0 Å². The first-order chi connectivity index (χ1) is 5.29. The minimum Gasteiger partial charge on any atom is -0.338 e. The van der Waals surface area contributed by atoms with Gasteiger partial charge in [-0.3, -0.25) is 4.79 Å². The predicted molar refractivity (Wildman–Crippen MR) is 49.2 cm³/mol. The van der Waals surface area contributed by atoms with Crippen LogP contribution in [0.15, 0.2) is 0 Å². The number of nitrogens with zero attached hydrogens (tertiary/aromatic N) is 1. The number of carbonyl (C=O) groups excluding carboxylic acids is 1. The summed E-state index contributed by atoms with van der Waals surface area (Å²) in [5.74, 6) is 0.266. The first kappa shape index (κ1) is 9.81. The molecule has 0 bridgehead atoms. The van der Waals surface area contributed by atoms with Gasteiger partial charge in [0.2, 0.25) is 5.91 Å². The molecule has 2 unspecified atom stereocenters. The molecular weight excluding hydrogens is 176 g/mol. The Morgan fingerprint density at radius 3 is 2.83 bits per heavy atom. The molecule has 1 amide bonds. The topological polar surface area (TPSA) is 46.3 Å². The summed E-state index contributed by atoms with van der Waals surface area (Å²) in [4.78, 5) is 13.2. The Morgan fingerprint density at radius 2 is 2.17 bits per heavy atom. The van der Waals surface area contributed by atoms with Gasteiger partial charge in [0.15, 0.2) is 0 Å². The second kappa shape index (κ2) is 3.62. The molecule has 2 aliphatic rings. The maximum absolute atomic E-state index is 11.3. The number of halogens is 1. The molecule has 2 rings (SSSR count). The van der Waals surface area contributed by atoms with Crippen molar-refractivity contribution in [3.8, 4) is 0 Å². The molecule has 2 atom stereocenters. The van der Waals surface area contributed by atoms with E-state index in [4.69, 9.17) is 5.73 Å². The highest BCUT2D eigenvalue weighted by atomic mass is 35.5. The summed E-state index contributed by atoms with van der Waals surface area (Å²) in [5.41, 5.74) is 5.82. The summed E-state index contributed by atoms with van der Waals surface area (Å²) in [6, 6.07) is 0.485. The fourth-order valence-electron chi connectivity index (χ4n) is 2.17. The van der Waals surface area contributed by atoms with E-state index in [2.05, 4.69) is 0 Å². The summed E-state index contributed by atoms with van der Waals surface area (Å²) >= 11 is 0. The lowest BCUT2D eigenvalue weighted by atomic mass is 10.00. The molecule has 2 saturated heterocycles. The number of amides is 1. The van der Waals surface area contributed by atoms with E-state index in [0.29, 0.717) is 12.5 Å². The maximum Gasteiger partial charge on any atom is 0.224 e. The van der Waals surface area contributed by atoms with Crippen LogP contribution in [-0.4, -0.2) is 29.4 Å². The molecule has 0 spiro atoms. The van der Waals surface area contributed by atoms with E-state index in [0.717, 1.165) is 19.4 Å².